The van der Waals surface area contributed by atoms with E-state index in [0.717, 1.165) is 5.56 Å². The van der Waals surface area contributed by atoms with Crippen molar-refractivity contribution in [2.24, 2.45) is 0 Å². The molecule has 0 saturated carbocycles. The first kappa shape index (κ1) is 17.8. The third-order valence-electron chi connectivity index (χ3n) is 4.47. The lowest BCUT2D eigenvalue weighted by molar-refractivity contribution is -0.140. The highest BCUT2D eigenvalue weighted by molar-refractivity contribution is 6.09. The lowest BCUT2D eigenvalue weighted by Gasteiger charge is -2.21. The number of benzene rings is 2. The zero-order valence-electron chi connectivity index (χ0n) is 14.6. The van der Waals surface area contributed by atoms with Gasteiger partial charge in [-0.15, -0.1) is 0 Å². The third-order valence-corrected chi connectivity index (χ3v) is 4.47. The molecule has 1 amide bonds. The number of amides is 1. The number of ketones is 1. The molecule has 2 aromatic carbocycles. The molecule has 0 aromatic heterocycles. The molecule has 1 heterocycles. The van der Waals surface area contributed by atoms with Crippen LogP contribution >= 0.6 is 0 Å². The molecule has 1 aliphatic rings. The van der Waals surface area contributed by atoms with Gasteiger partial charge in [0, 0.05) is 12.1 Å². The number of aliphatic hydroxyl groups is 1. The van der Waals surface area contributed by atoms with E-state index in [1.807, 2.05) is 49.4 Å². The van der Waals surface area contributed by atoms with Crippen LogP contribution in [0.4, 0.5) is 5.69 Å². The number of likely N-dealkylation sites (N-methyl/N-ethyl adjacent to an activating group) is 1. The molecule has 4 nitrogen and oxygen atoms in total. The van der Waals surface area contributed by atoms with Crippen molar-refractivity contribution in [2.45, 2.75) is 18.9 Å². The molecule has 0 spiro atoms. The van der Waals surface area contributed by atoms with Gasteiger partial charge in [0.05, 0.1) is 12.1 Å². The van der Waals surface area contributed by atoms with Gasteiger partial charge < -0.3 is 10.0 Å². The van der Waals surface area contributed by atoms with Crippen molar-refractivity contribution in [3.63, 3.8) is 0 Å². The predicted octanol–water partition coefficient (Wildman–Crippen LogP) is 3.47. The Morgan fingerprint density at radius 3 is 2.50 bits per heavy atom. The zero-order valence-corrected chi connectivity index (χ0v) is 14.6. The molecule has 2 aromatic rings. The summed E-state index contributed by atoms with van der Waals surface area (Å²) in [7, 11) is 0. The van der Waals surface area contributed by atoms with E-state index in [1.165, 1.54) is 11.0 Å². The van der Waals surface area contributed by atoms with Gasteiger partial charge in [0.25, 0.3) is 5.91 Å². The van der Waals surface area contributed by atoms with E-state index in [4.69, 9.17) is 0 Å². The second-order valence-electron chi connectivity index (χ2n) is 6.20. The van der Waals surface area contributed by atoms with Crippen molar-refractivity contribution in [1.82, 2.24) is 0 Å². The summed E-state index contributed by atoms with van der Waals surface area (Å²) in [6, 6.07) is 16.8. The lowest BCUT2D eigenvalue weighted by Crippen LogP contribution is -2.41. The van der Waals surface area contributed by atoms with Gasteiger partial charge in [0.1, 0.15) is 0 Å². The smallest absolute Gasteiger partial charge is 0.264 e. The molecule has 1 aliphatic heterocycles. The maximum atomic E-state index is 12.7. The van der Waals surface area contributed by atoms with Crippen LogP contribution in [0.3, 0.4) is 0 Å². The van der Waals surface area contributed by atoms with Crippen LogP contribution in [-0.2, 0) is 15.2 Å². The normalized spacial score (nSPS) is 19.5. The molecule has 0 bridgehead atoms. The van der Waals surface area contributed by atoms with Crippen LogP contribution in [0.5, 0.6) is 0 Å². The Kier molecular flexibility index (Phi) is 5.14. The lowest BCUT2D eigenvalue weighted by atomic mass is 9.90. The molecule has 0 saturated heterocycles. The molecular weight excluding hydrogens is 326 g/mol. The van der Waals surface area contributed by atoms with Crippen molar-refractivity contribution in [3.8, 4) is 0 Å². The maximum Gasteiger partial charge on any atom is 0.264 e. The summed E-state index contributed by atoms with van der Waals surface area (Å²) in [5.41, 5.74) is 0.398. The number of fused-ring (bicyclic) bond motifs is 1. The van der Waals surface area contributed by atoms with Crippen LogP contribution < -0.4 is 4.90 Å². The van der Waals surface area contributed by atoms with E-state index in [-0.39, 0.29) is 12.2 Å². The van der Waals surface area contributed by atoms with Gasteiger partial charge in [0.15, 0.2) is 11.4 Å². The Morgan fingerprint density at radius 1 is 1.08 bits per heavy atom. The fourth-order valence-electron chi connectivity index (χ4n) is 3.20. The van der Waals surface area contributed by atoms with Crippen LogP contribution in [0, 0.1) is 0 Å². The fourth-order valence-corrected chi connectivity index (χ4v) is 3.20. The number of nitrogens with zero attached hydrogens (tertiary/aromatic N) is 1. The summed E-state index contributed by atoms with van der Waals surface area (Å²) >= 11 is 0. The quantitative estimate of drug-likeness (QED) is 0.643. The summed E-state index contributed by atoms with van der Waals surface area (Å²) in [6.45, 7) is 2.29. The minimum atomic E-state index is -1.79. The number of hydrogen-bond donors (Lipinski definition) is 1. The van der Waals surface area contributed by atoms with E-state index in [1.54, 1.807) is 30.4 Å². The topological polar surface area (TPSA) is 57.6 Å². The summed E-state index contributed by atoms with van der Waals surface area (Å²) in [6.07, 6.45) is 6.39. The summed E-state index contributed by atoms with van der Waals surface area (Å²) in [5.74, 6) is -0.742. The number of carbonyl (C=O) groups excluding carboxylic acids is 2. The van der Waals surface area contributed by atoms with Crippen molar-refractivity contribution in [1.29, 1.82) is 0 Å². The van der Waals surface area contributed by atoms with Crippen LogP contribution in [0.2, 0.25) is 0 Å². The molecule has 0 unspecified atom stereocenters. The first-order valence-corrected chi connectivity index (χ1v) is 8.62. The van der Waals surface area contributed by atoms with Crippen molar-refractivity contribution in [3.05, 3.63) is 84.0 Å². The minimum Gasteiger partial charge on any atom is -0.375 e. The Bertz CT molecular complexity index is 870. The van der Waals surface area contributed by atoms with Gasteiger partial charge in [-0.2, -0.15) is 0 Å². The first-order valence-electron chi connectivity index (χ1n) is 8.62. The Balaban J connectivity index is 1.73. The molecule has 1 atom stereocenters. The molecule has 4 heteroatoms. The molecule has 132 valence electrons. The Hall–Kier alpha value is -2.98. The summed E-state index contributed by atoms with van der Waals surface area (Å²) in [5, 5.41) is 11.0. The van der Waals surface area contributed by atoms with E-state index in [2.05, 4.69) is 0 Å². The highest BCUT2D eigenvalue weighted by Gasteiger charge is 2.49. The van der Waals surface area contributed by atoms with Crippen LogP contribution in [-0.4, -0.2) is 23.3 Å². The van der Waals surface area contributed by atoms with E-state index in [9.17, 15) is 14.7 Å². The average Bonchev–Trinajstić information content (AvgIpc) is 2.87. The fraction of sp³-hybridized carbons (Fsp3) is 0.182. The minimum absolute atomic E-state index is 0.269. The number of hydrogen-bond acceptors (Lipinski definition) is 3. The largest absolute Gasteiger partial charge is 0.375 e. The zero-order chi connectivity index (χ0) is 18.6. The van der Waals surface area contributed by atoms with Gasteiger partial charge in [-0.3, -0.25) is 9.59 Å². The molecular formula is C22H21NO3. The van der Waals surface area contributed by atoms with Crippen LogP contribution in [0.25, 0.3) is 6.08 Å². The van der Waals surface area contributed by atoms with Gasteiger partial charge in [0.2, 0.25) is 0 Å². The summed E-state index contributed by atoms with van der Waals surface area (Å²) in [4.78, 5) is 26.5. The van der Waals surface area contributed by atoms with E-state index < -0.39 is 11.5 Å². The maximum absolute atomic E-state index is 12.7. The number of rotatable bonds is 6. The average molecular weight is 347 g/mol. The molecule has 0 radical (unpaired) electrons. The monoisotopic (exact) mass is 347 g/mol. The van der Waals surface area contributed by atoms with Crippen molar-refractivity contribution >= 4 is 23.5 Å². The van der Waals surface area contributed by atoms with Gasteiger partial charge in [-0.25, -0.2) is 0 Å². The van der Waals surface area contributed by atoms with Gasteiger partial charge >= 0.3 is 0 Å². The van der Waals surface area contributed by atoms with Gasteiger partial charge in [-0.1, -0.05) is 66.8 Å². The van der Waals surface area contributed by atoms with Crippen LogP contribution in [0.15, 0.2) is 72.8 Å². The van der Waals surface area contributed by atoms with E-state index in [0.29, 0.717) is 17.8 Å². The predicted molar refractivity (Wildman–Crippen MR) is 103 cm³/mol. The SMILES string of the molecule is CCN1C(=O)[C@](O)(CC(=O)/C=C/C=C/c2ccccc2)c2ccccc21. The molecule has 0 aliphatic carbocycles. The number of anilines is 1. The van der Waals surface area contributed by atoms with E-state index >= 15 is 0 Å². The standard InChI is InChI=1S/C22H21NO3/c1-2-23-20-15-9-8-14-19(20)22(26,21(23)25)16-18(24)13-7-6-12-17-10-4-3-5-11-17/h3-15,26H,2,16H2,1H3/b12-6+,13-7+/t22-/m0/s1. The number of carbonyl (C=O) groups is 2. The summed E-state index contributed by atoms with van der Waals surface area (Å²) < 4.78 is 0. The third kappa shape index (κ3) is 3.37. The Labute approximate surface area is 153 Å². The number of para-hydroxylation sites is 1. The number of allylic oxidation sites excluding steroid dienone is 3. The Morgan fingerprint density at radius 2 is 1.77 bits per heavy atom. The van der Waals surface area contributed by atoms with Crippen molar-refractivity contribution < 1.29 is 14.7 Å². The second kappa shape index (κ2) is 7.50. The van der Waals surface area contributed by atoms with Gasteiger partial charge in [-0.05, 0) is 24.6 Å². The van der Waals surface area contributed by atoms with Crippen LogP contribution in [0.1, 0.15) is 24.5 Å². The first-order chi connectivity index (χ1) is 12.6. The molecule has 26 heavy (non-hydrogen) atoms. The molecule has 1 N–H and O–H groups in total. The second-order valence-corrected chi connectivity index (χ2v) is 6.20. The highest BCUT2D eigenvalue weighted by Crippen LogP contribution is 2.42. The molecule has 0 fully saturated rings. The highest BCUT2D eigenvalue weighted by atomic mass is 16.3. The molecule has 3 rings (SSSR count). The van der Waals surface area contributed by atoms with Crippen molar-refractivity contribution in [2.75, 3.05) is 11.4 Å².